The molecule has 6 heteroatoms. The van der Waals surface area contributed by atoms with Crippen LogP contribution in [0, 0.1) is 11.6 Å². The molecular weight excluding hydrogens is 214 g/mol. The first-order chi connectivity index (χ1) is 7.70. The van der Waals surface area contributed by atoms with E-state index >= 15 is 0 Å². The zero-order valence-electron chi connectivity index (χ0n) is 8.40. The van der Waals surface area contributed by atoms with Gasteiger partial charge in [-0.05, 0) is 18.2 Å². The van der Waals surface area contributed by atoms with Gasteiger partial charge in [-0.15, -0.1) is 0 Å². The molecule has 0 radical (unpaired) electrons. The Morgan fingerprint density at radius 1 is 1.31 bits per heavy atom. The maximum Gasteiger partial charge on any atom is 0.140 e. The van der Waals surface area contributed by atoms with Crippen molar-refractivity contribution in [2.75, 3.05) is 0 Å². The summed E-state index contributed by atoms with van der Waals surface area (Å²) in [5.41, 5.74) is 5.65. The minimum atomic E-state index is -0.481. The van der Waals surface area contributed by atoms with Crippen molar-refractivity contribution in [3.05, 3.63) is 47.5 Å². The smallest absolute Gasteiger partial charge is 0.140 e. The molecule has 0 saturated heterocycles. The van der Waals surface area contributed by atoms with E-state index in [2.05, 4.69) is 10.1 Å². The normalized spacial score (nSPS) is 10.7. The minimum absolute atomic E-state index is 0.121. The summed E-state index contributed by atoms with van der Waals surface area (Å²) in [7, 11) is 0. The number of halogens is 2. The summed E-state index contributed by atoms with van der Waals surface area (Å²) in [6.07, 6.45) is 1.33. The average molecular weight is 224 g/mol. The van der Waals surface area contributed by atoms with E-state index in [0.717, 1.165) is 18.2 Å². The average Bonchev–Trinajstić information content (AvgIpc) is 2.71. The molecule has 2 N–H and O–H groups in total. The molecule has 0 unspecified atom stereocenters. The molecule has 2 rings (SSSR count). The van der Waals surface area contributed by atoms with Gasteiger partial charge < -0.3 is 5.73 Å². The Balaban J connectivity index is 2.30. The maximum absolute atomic E-state index is 13.3. The van der Waals surface area contributed by atoms with Crippen LogP contribution >= 0.6 is 0 Å². The zero-order chi connectivity index (χ0) is 11.5. The SMILES string of the molecule is NCc1ncnn1Cc1cc(F)ccc1F. The van der Waals surface area contributed by atoms with Crippen LogP contribution in [0.1, 0.15) is 11.4 Å². The summed E-state index contributed by atoms with van der Waals surface area (Å²) in [4.78, 5) is 3.89. The largest absolute Gasteiger partial charge is 0.324 e. The molecule has 1 heterocycles. The molecule has 0 bridgehead atoms. The molecule has 1 aromatic carbocycles. The molecule has 0 aliphatic rings. The number of hydrogen-bond acceptors (Lipinski definition) is 3. The highest BCUT2D eigenvalue weighted by Crippen LogP contribution is 2.11. The second kappa shape index (κ2) is 4.36. The summed E-state index contributed by atoms with van der Waals surface area (Å²) in [6.45, 7) is 0.326. The van der Waals surface area contributed by atoms with Crippen molar-refractivity contribution in [3.63, 3.8) is 0 Å². The zero-order valence-corrected chi connectivity index (χ0v) is 8.40. The van der Waals surface area contributed by atoms with Gasteiger partial charge in [0, 0.05) is 5.56 Å². The first kappa shape index (κ1) is 10.7. The predicted octanol–water partition coefficient (Wildman–Crippen LogP) is 1.06. The van der Waals surface area contributed by atoms with Crippen molar-refractivity contribution in [2.24, 2.45) is 5.73 Å². The highest BCUT2D eigenvalue weighted by Gasteiger charge is 2.08. The Hall–Kier alpha value is -1.82. The number of hydrogen-bond donors (Lipinski definition) is 1. The topological polar surface area (TPSA) is 56.7 Å². The summed E-state index contributed by atoms with van der Waals surface area (Å²) < 4.78 is 27.7. The lowest BCUT2D eigenvalue weighted by atomic mass is 10.2. The van der Waals surface area contributed by atoms with Gasteiger partial charge in [-0.1, -0.05) is 0 Å². The fourth-order valence-corrected chi connectivity index (χ4v) is 1.40. The number of rotatable bonds is 3. The predicted molar refractivity (Wildman–Crippen MR) is 53.4 cm³/mol. The van der Waals surface area contributed by atoms with Gasteiger partial charge in [-0.25, -0.2) is 18.4 Å². The van der Waals surface area contributed by atoms with Crippen molar-refractivity contribution in [3.8, 4) is 0 Å². The lowest BCUT2D eigenvalue weighted by Crippen LogP contribution is -2.11. The third-order valence-corrected chi connectivity index (χ3v) is 2.21. The molecular formula is C10H10F2N4. The molecule has 0 amide bonds. The molecule has 4 nitrogen and oxygen atoms in total. The molecule has 16 heavy (non-hydrogen) atoms. The fourth-order valence-electron chi connectivity index (χ4n) is 1.40. The molecule has 0 atom stereocenters. The quantitative estimate of drug-likeness (QED) is 0.848. The number of nitrogens with two attached hydrogens (primary N) is 1. The van der Waals surface area contributed by atoms with E-state index < -0.39 is 11.6 Å². The lowest BCUT2D eigenvalue weighted by molar-refractivity contribution is 0.558. The fraction of sp³-hybridized carbons (Fsp3) is 0.200. The van der Waals surface area contributed by atoms with E-state index in [4.69, 9.17) is 5.73 Å². The standard InChI is InChI=1S/C10H10F2N4/c11-8-1-2-9(12)7(3-8)5-16-10(4-13)14-6-15-16/h1-3,6H,4-5,13H2. The Labute approximate surface area is 90.7 Å². The second-order valence-corrected chi connectivity index (χ2v) is 3.27. The van der Waals surface area contributed by atoms with Gasteiger partial charge in [0.2, 0.25) is 0 Å². The van der Waals surface area contributed by atoms with Crippen LogP contribution in [-0.4, -0.2) is 14.8 Å². The van der Waals surface area contributed by atoms with Gasteiger partial charge in [-0.3, -0.25) is 0 Å². The third kappa shape index (κ3) is 2.06. The van der Waals surface area contributed by atoms with Gasteiger partial charge in [0.25, 0.3) is 0 Å². The minimum Gasteiger partial charge on any atom is -0.324 e. The van der Waals surface area contributed by atoms with Gasteiger partial charge in [0.1, 0.15) is 23.8 Å². The summed E-state index contributed by atoms with van der Waals surface area (Å²) in [5.74, 6) is -0.422. The number of aromatic nitrogens is 3. The van der Waals surface area contributed by atoms with Crippen LogP contribution in [0.2, 0.25) is 0 Å². The molecule has 2 aromatic rings. The maximum atomic E-state index is 13.3. The van der Waals surface area contributed by atoms with Crippen LogP contribution in [0.15, 0.2) is 24.5 Å². The monoisotopic (exact) mass is 224 g/mol. The Bertz CT molecular complexity index is 495. The lowest BCUT2D eigenvalue weighted by Gasteiger charge is -2.05. The molecule has 0 aliphatic carbocycles. The van der Waals surface area contributed by atoms with Gasteiger partial charge in [-0.2, -0.15) is 5.10 Å². The van der Waals surface area contributed by atoms with E-state index in [-0.39, 0.29) is 18.7 Å². The van der Waals surface area contributed by atoms with Crippen LogP contribution in [0.25, 0.3) is 0 Å². The summed E-state index contributed by atoms with van der Waals surface area (Å²) in [6, 6.07) is 3.30. The van der Waals surface area contributed by atoms with Crippen molar-refractivity contribution in [1.82, 2.24) is 14.8 Å². The highest BCUT2D eigenvalue weighted by molar-refractivity contribution is 5.19. The van der Waals surface area contributed by atoms with Crippen LogP contribution in [-0.2, 0) is 13.1 Å². The van der Waals surface area contributed by atoms with Gasteiger partial charge in [0.05, 0.1) is 13.1 Å². The van der Waals surface area contributed by atoms with Crippen molar-refractivity contribution >= 4 is 0 Å². The summed E-state index contributed by atoms with van der Waals surface area (Å²) >= 11 is 0. The highest BCUT2D eigenvalue weighted by atomic mass is 19.1. The van der Waals surface area contributed by atoms with E-state index in [9.17, 15) is 8.78 Å². The second-order valence-electron chi connectivity index (χ2n) is 3.27. The first-order valence-corrected chi connectivity index (χ1v) is 4.71. The van der Waals surface area contributed by atoms with Crippen LogP contribution in [0.3, 0.4) is 0 Å². The van der Waals surface area contributed by atoms with E-state index in [1.54, 1.807) is 0 Å². The van der Waals surface area contributed by atoms with Crippen molar-refractivity contribution < 1.29 is 8.78 Å². The van der Waals surface area contributed by atoms with Crippen molar-refractivity contribution in [2.45, 2.75) is 13.1 Å². The molecule has 84 valence electrons. The first-order valence-electron chi connectivity index (χ1n) is 4.71. The molecule has 0 fully saturated rings. The molecule has 0 spiro atoms. The Morgan fingerprint density at radius 3 is 2.88 bits per heavy atom. The van der Waals surface area contributed by atoms with E-state index in [1.807, 2.05) is 0 Å². The summed E-state index contributed by atoms with van der Waals surface area (Å²) in [5, 5.41) is 3.89. The van der Waals surface area contributed by atoms with Crippen LogP contribution in [0.4, 0.5) is 8.78 Å². The van der Waals surface area contributed by atoms with E-state index in [1.165, 1.54) is 11.0 Å². The molecule has 0 saturated carbocycles. The van der Waals surface area contributed by atoms with Crippen LogP contribution in [0.5, 0.6) is 0 Å². The third-order valence-electron chi connectivity index (χ3n) is 2.21. The Morgan fingerprint density at radius 2 is 2.12 bits per heavy atom. The number of benzene rings is 1. The van der Waals surface area contributed by atoms with Crippen molar-refractivity contribution in [1.29, 1.82) is 0 Å². The van der Waals surface area contributed by atoms with Gasteiger partial charge >= 0.3 is 0 Å². The molecule has 1 aromatic heterocycles. The van der Waals surface area contributed by atoms with E-state index in [0.29, 0.717) is 5.82 Å². The molecule has 0 aliphatic heterocycles. The van der Waals surface area contributed by atoms with Crippen LogP contribution < -0.4 is 5.73 Å². The van der Waals surface area contributed by atoms with Gasteiger partial charge in [0.15, 0.2) is 0 Å². The Kier molecular flexibility index (Phi) is 2.91. The number of nitrogens with zero attached hydrogens (tertiary/aromatic N) is 3.